The van der Waals surface area contributed by atoms with Crippen molar-refractivity contribution in [3.8, 4) is 5.75 Å². The molecule has 100 valence electrons. The Labute approximate surface area is 123 Å². The van der Waals surface area contributed by atoms with Gasteiger partial charge in [-0.2, -0.15) is 0 Å². The van der Waals surface area contributed by atoms with Crippen molar-refractivity contribution in [3.05, 3.63) is 64.2 Å². The van der Waals surface area contributed by atoms with E-state index < -0.39 is 0 Å². The second kappa shape index (κ2) is 6.35. The summed E-state index contributed by atoms with van der Waals surface area (Å²) < 4.78 is 32.1. The van der Waals surface area contributed by atoms with E-state index in [1.165, 1.54) is 36.4 Å². The van der Waals surface area contributed by atoms with Gasteiger partial charge in [-0.3, -0.25) is 0 Å². The van der Waals surface area contributed by atoms with Gasteiger partial charge >= 0.3 is 0 Å². The Balaban J connectivity index is 2.16. The van der Waals surface area contributed by atoms with Gasteiger partial charge in [0.05, 0.1) is 0 Å². The molecule has 0 aliphatic carbocycles. The third-order valence-electron chi connectivity index (χ3n) is 2.56. The van der Waals surface area contributed by atoms with Gasteiger partial charge in [-0.1, -0.05) is 27.5 Å². The Morgan fingerprint density at radius 1 is 1.05 bits per heavy atom. The van der Waals surface area contributed by atoms with Crippen LogP contribution in [0.5, 0.6) is 5.75 Å². The van der Waals surface area contributed by atoms with Crippen LogP contribution >= 0.6 is 27.5 Å². The van der Waals surface area contributed by atoms with Crippen LogP contribution < -0.4 is 4.74 Å². The summed E-state index contributed by atoms with van der Waals surface area (Å²) in [7, 11) is 0. The summed E-state index contributed by atoms with van der Waals surface area (Å²) in [6.45, 7) is 0.0397. The quantitative estimate of drug-likeness (QED) is 0.700. The highest BCUT2D eigenvalue weighted by molar-refractivity contribution is 9.08. The lowest BCUT2D eigenvalue weighted by Gasteiger charge is -2.11. The van der Waals surface area contributed by atoms with Gasteiger partial charge < -0.3 is 4.74 Å². The van der Waals surface area contributed by atoms with Crippen molar-refractivity contribution in [1.82, 2.24) is 0 Å². The van der Waals surface area contributed by atoms with Crippen molar-refractivity contribution in [2.75, 3.05) is 0 Å². The molecule has 0 unspecified atom stereocenters. The minimum Gasteiger partial charge on any atom is -0.488 e. The van der Waals surface area contributed by atoms with Gasteiger partial charge in [0.25, 0.3) is 0 Å². The van der Waals surface area contributed by atoms with Crippen LogP contribution in [0, 0.1) is 11.6 Å². The summed E-state index contributed by atoms with van der Waals surface area (Å²) in [4.78, 5) is 0. The van der Waals surface area contributed by atoms with Gasteiger partial charge in [-0.25, -0.2) is 8.78 Å². The molecule has 2 aromatic rings. The molecule has 0 radical (unpaired) electrons. The minimum atomic E-state index is -0.382. The molecule has 0 saturated heterocycles. The van der Waals surface area contributed by atoms with Gasteiger partial charge in [-0.05, 0) is 36.4 Å². The fourth-order valence-electron chi connectivity index (χ4n) is 1.60. The molecule has 19 heavy (non-hydrogen) atoms. The highest BCUT2D eigenvalue weighted by atomic mass is 79.9. The van der Waals surface area contributed by atoms with Crippen LogP contribution in [0.4, 0.5) is 8.78 Å². The molecule has 0 aromatic heterocycles. The average molecular weight is 348 g/mol. The maximum absolute atomic E-state index is 13.5. The number of benzene rings is 2. The molecule has 0 heterocycles. The SMILES string of the molecule is Fc1ccc(OCc2cc(Cl)ccc2F)c(CBr)c1. The van der Waals surface area contributed by atoms with E-state index in [-0.39, 0.29) is 18.2 Å². The van der Waals surface area contributed by atoms with Crippen LogP contribution in [0.25, 0.3) is 0 Å². The standard InChI is InChI=1S/C14H10BrClF2O/c15-7-9-6-12(17)2-4-14(9)19-8-10-5-11(16)1-3-13(10)18/h1-6H,7-8H2. The maximum atomic E-state index is 13.5. The Morgan fingerprint density at radius 3 is 2.58 bits per heavy atom. The van der Waals surface area contributed by atoms with E-state index in [0.29, 0.717) is 27.2 Å². The Hall–Kier alpha value is -1.13. The molecule has 0 spiro atoms. The molecule has 0 N–H and O–H groups in total. The molecule has 0 atom stereocenters. The Kier molecular flexibility index (Phi) is 4.77. The van der Waals surface area contributed by atoms with E-state index in [9.17, 15) is 8.78 Å². The zero-order valence-corrected chi connectivity index (χ0v) is 12.1. The predicted molar refractivity (Wildman–Crippen MR) is 74.8 cm³/mol. The van der Waals surface area contributed by atoms with Crippen molar-refractivity contribution < 1.29 is 13.5 Å². The molecule has 0 aliphatic heterocycles. The molecule has 0 bridgehead atoms. The summed E-state index contributed by atoms with van der Waals surface area (Å²) in [6.07, 6.45) is 0. The summed E-state index contributed by atoms with van der Waals surface area (Å²) >= 11 is 9.05. The van der Waals surface area contributed by atoms with Gasteiger partial charge in [0.15, 0.2) is 0 Å². The summed E-state index contributed by atoms with van der Waals surface area (Å²) in [5.41, 5.74) is 1.03. The molecule has 2 rings (SSSR count). The second-order valence-corrected chi connectivity index (χ2v) is 4.91. The van der Waals surface area contributed by atoms with Gasteiger partial charge in [0.1, 0.15) is 24.0 Å². The van der Waals surface area contributed by atoms with E-state index in [2.05, 4.69) is 15.9 Å². The largest absolute Gasteiger partial charge is 0.488 e. The first-order valence-corrected chi connectivity index (χ1v) is 7.01. The van der Waals surface area contributed by atoms with Crippen LogP contribution in [0.15, 0.2) is 36.4 Å². The Bertz CT molecular complexity index is 590. The molecule has 2 aromatic carbocycles. The third kappa shape index (κ3) is 3.67. The fourth-order valence-corrected chi connectivity index (χ4v) is 2.24. The highest BCUT2D eigenvalue weighted by Gasteiger charge is 2.07. The van der Waals surface area contributed by atoms with Crippen LogP contribution in [0.3, 0.4) is 0 Å². The first kappa shape index (κ1) is 14.3. The van der Waals surface area contributed by atoms with Crippen molar-refractivity contribution >= 4 is 27.5 Å². The summed E-state index contributed by atoms with van der Waals surface area (Å²) in [6, 6.07) is 8.47. The van der Waals surface area contributed by atoms with Crippen LogP contribution in [-0.4, -0.2) is 0 Å². The van der Waals surface area contributed by atoms with Gasteiger partial charge in [-0.15, -0.1) is 0 Å². The monoisotopic (exact) mass is 346 g/mol. The van der Waals surface area contributed by atoms with Crippen molar-refractivity contribution in [3.63, 3.8) is 0 Å². The van der Waals surface area contributed by atoms with E-state index in [1.807, 2.05) is 0 Å². The summed E-state index contributed by atoms with van der Waals surface area (Å²) in [5, 5.41) is 0.901. The number of hydrogen-bond acceptors (Lipinski definition) is 1. The number of alkyl halides is 1. The number of hydrogen-bond donors (Lipinski definition) is 0. The molecule has 5 heteroatoms. The zero-order valence-electron chi connectivity index (χ0n) is 9.80. The maximum Gasteiger partial charge on any atom is 0.129 e. The number of rotatable bonds is 4. The average Bonchev–Trinajstić information content (AvgIpc) is 2.40. The zero-order chi connectivity index (χ0) is 13.8. The molecule has 0 aliphatic rings. The van der Waals surface area contributed by atoms with Crippen molar-refractivity contribution in [2.24, 2.45) is 0 Å². The second-order valence-electron chi connectivity index (χ2n) is 3.91. The lowest BCUT2D eigenvalue weighted by Crippen LogP contribution is -2.00. The molecular formula is C14H10BrClF2O. The molecule has 0 saturated carbocycles. The molecule has 0 fully saturated rings. The smallest absolute Gasteiger partial charge is 0.129 e. The van der Waals surface area contributed by atoms with Gasteiger partial charge in [0, 0.05) is 21.5 Å². The minimum absolute atomic E-state index is 0.0397. The fraction of sp³-hybridized carbons (Fsp3) is 0.143. The van der Waals surface area contributed by atoms with Crippen LogP contribution in [0.1, 0.15) is 11.1 Å². The van der Waals surface area contributed by atoms with Crippen molar-refractivity contribution in [2.45, 2.75) is 11.9 Å². The number of halogens is 4. The highest BCUT2D eigenvalue weighted by Crippen LogP contribution is 2.24. The van der Waals surface area contributed by atoms with E-state index in [4.69, 9.17) is 16.3 Å². The molecular weight excluding hydrogens is 338 g/mol. The third-order valence-corrected chi connectivity index (χ3v) is 3.40. The molecule has 0 amide bonds. The first-order chi connectivity index (χ1) is 9.10. The van der Waals surface area contributed by atoms with E-state index in [1.54, 1.807) is 0 Å². The van der Waals surface area contributed by atoms with E-state index >= 15 is 0 Å². The van der Waals surface area contributed by atoms with E-state index in [0.717, 1.165) is 0 Å². The van der Waals surface area contributed by atoms with Crippen LogP contribution in [0.2, 0.25) is 5.02 Å². The lowest BCUT2D eigenvalue weighted by molar-refractivity contribution is 0.297. The van der Waals surface area contributed by atoms with Crippen LogP contribution in [-0.2, 0) is 11.9 Å². The van der Waals surface area contributed by atoms with Crippen molar-refractivity contribution in [1.29, 1.82) is 0 Å². The lowest BCUT2D eigenvalue weighted by atomic mass is 10.2. The predicted octanol–water partition coefficient (Wildman–Crippen LogP) is 5.09. The topological polar surface area (TPSA) is 9.23 Å². The first-order valence-electron chi connectivity index (χ1n) is 5.51. The number of ether oxygens (including phenoxy) is 1. The Morgan fingerprint density at radius 2 is 1.84 bits per heavy atom. The molecule has 1 nitrogen and oxygen atoms in total. The normalized spacial score (nSPS) is 10.5. The van der Waals surface area contributed by atoms with Gasteiger partial charge in [0.2, 0.25) is 0 Å². The summed E-state index contributed by atoms with van der Waals surface area (Å²) in [5.74, 6) is -0.208.